The van der Waals surface area contributed by atoms with Crippen LogP contribution in [0.1, 0.15) is 44.3 Å². The van der Waals surface area contributed by atoms with Crippen molar-refractivity contribution in [1.82, 2.24) is 15.1 Å². The van der Waals surface area contributed by atoms with Gasteiger partial charge in [0, 0.05) is 17.6 Å². The summed E-state index contributed by atoms with van der Waals surface area (Å²) in [5.41, 5.74) is 1.40. The highest BCUT2D eigenvalue weighted by Crippen LogP contribution is 2.17. The van der Waals surface area contributed by atoms with Gasteiger partial charge in [0.1, 0.15) is 11.5 Å². The average molecular weight is 295 g/mol. The fourth-order valence-corrected chi connectivity index (χ4v) is 2.20. The minimum absolute atomic E-state index is 0.132. The third-order valence-electron chi connectivity index (χ3n) is 3.45. The van der Waals surface area contributed by atoms with Gasteiger partial charge in [0.05, 0.1) is 6.54 Å². The molecule has 0 aliphatic rings. The topological polar surface area (TPSA) is 31.7 Å². The first-order valence-electron chi connectivity index (χ1n) is 7.84. The maximum Gasteiger partial charge on any atom is 0.118 e. The molecule has 0 aliphatic carbocycles. The van der Waals surface area contributed by atoms with Gasteiger partial charge >= 0.3 is 0 Å². The zero-order valence-electron chi connectivity index (χ0n) is 14.9. The highest BCUT2D eigenvalue weighted by atomic mass is 16.3. The Bertz CT molecular complexity index is 418. The molecule has 0 amide bonds. The first-order chi connectivity index (χ1) is 9.67. The second-order valence-corrected chi connectivity index (χ2v) is 7.29. The standard InChI is InChI=1S/C17H33N3O/c1-14-15(12-18-17(2,3)4)11-16(21-14)13-20(7)10-8-9-19(5)6/h11,18H,8-10,12-13H2,1-7H3. The van der Waals surface area contributed by atoms with E-state index in [1.165, 1.54) is 12.0 Å². The van der Waals surface area contributed by atoms with Crippen LogP contribution < -0.4 is 5.32 Å². The summed E-state index contributed by atoms with van der Waals surface area (Å²) in [6.45, 7) is 12.6. The number of nitrogens with one attached hydrogen (secondary N) is 1. The van der Waals surface area contributed by atoms with E-state index in [2.05, 4.69) is 70.0 Å². The zero-order valence-corrected chi connectivity index (χ0v) is 14.9. The van der Waals surface area contributed by atoms with E-state index in [1.54, 1.807) is 0 Å². The molecule has 0 atom stereocenters. The number of hydrogen-bond donors (Lipinski definition) is 1. The first kappa shape index (κ1) is 18.2. The lowest BCUT2D eigenvalue weighted by molar-refractivity contribution is 0.271. The molecular formula is C17H33N3O. The number of aryl methyl sites for hydroxylation is 1. The van der Waals surface area contributed by atoms with Crippen molar-refractivity contribution in [3.8, 4) is 0 Å². The van der Waals surface area contributed by atoms with Gasteiger partial charge in [-0.2, -0.15) is 0 Å². The predicted octanol–water partition coefficient (Wildman–Crippen LogP) is 2.86. The van der Waals surface area contributed by atoms with E-state index in [0.717, 1.165) is 37.7 Å². The predicted molar refractivity (Wildman–Crippen MR) is 89.5 cm³/mol. The minimum atomic E-state index is 0.132. The number of furan rings is 1. The summed E-state index contributed by atoms with van der Waals surface area (Å²) in [6, 6.07) is 2.19. The molecule has 0 aromatic carbocycles. The molecule has 122 valence electrons. The number of rotatable bonds is 8. The van der Waals surface area contributed by atoms with Crippen LogP contribution in [0.15, 0.2) is 10.5 Å². The third kappa shape index (κ3) is 7.65. The normalized spacial score (nSPS) is 12.6. The molecule has 0 fully saturated rings. The van der Waals surface area contributed by atoms with E-state index < -0.39 is 0 Å². The SMILES string of the molecule is Cc1oc(CN(C)CCCN(C)C)cc1CNC(C)(C)C. The lowest BCUT2D eigenvalue weighted by Gasteiger charge is -2.20. The van der Waals surface area contributed by atoms with Gasteiger partial charge in [-0.1, -0.05) is 0 Å². The maximum atomic E-state index is 5.89. The molecule has 1 N–H and O–H groups in total. The van der Waals surface area contributed by atoms with Crippen molar-refractivity contribution in [2.45, 2.75) is 52.7 Å². The smallest absolute Gasteiger partial charge is 0.118 e. The molecule has 0 saturated heterocycles. The molecular weight excluding hydrogens is 262 g/mol. The fraction of sp³-hybridized carbons (Fsp3) is 0.765. The number of nitrogens with zero attached hydrogens (tertiary/aromatic N) is 2. The summed E-state index contributed by atoms with van der Waals surface area (Å²) >= 11 is 0. The van der Waals surface area contributed by atoms with Gasteiger partial charge in [-0.05, 0) is 74.4 Å². The zero-order chi connectivity index (χ0) is 16.0. The maximum absolute atomic E-state index is 5.89. The molecule has 0 aliphatic heterocycles. The van der Waals surface area contributed by atoms with Gasteiger partial charge in [0.25, 0.3) is 0 Å². The van der Waals surface area contributed by atoms with Crippen LogP contribution in [0.25, 0.3) is 0 Å². The minimum Gasteiger partial charge on any atom is -0.465 e. The Labute approximate surface area is 130 Å². The molecule has 4 heteroatoms. The van der Waals surface area contributed by atoms with Crippen LogP contribution in [-0.4, -0.2) is 49.6 Å². The van der Waals surface area contributed by atoms with Gasteiger partial charge in [-0.25, -0.2) is 0 Å². The molecule has 1 aromatic rings. The highest BCUT2D eigenvalue weighted by Gasteiger charge is 2.13. The van der Waals surface area contributed by atoms with E-state index in [9.17, 15) is 0 Å². The molecule has 0 saturated carbocycles. The Morgan fingerprint density at radius 3 is 2.38 bits per heavy atom. The average Bonchev–Trinajstić information content (AvgIpc) is 2.65. The van der Waals surface area contributed by atoms with E-state index in [4.69, 9.17) is 4.42 Å². The van der Waals surface area contributed by atoms with E-state index >= 15 is 0 Å². The van der Waals surface area contributed by atoms with E-state index in [1.807, 2.05) is 0 Å². The summed E-state index contributed by atoms with van der Waals surface area (Å²) < 4.78 is 5.89. The summed E-state index contributed by atoms with van der Waals surface area (Å²) in [5, 5.41) is 3.51. The first-order valence-corrected chi connectivity index (χ1v) is 7.84. The van der Waals surface area contributed by atoms with E-state index in [-0.39, 0.29) is 5.54 Å². The second-order valence-electron chi connectivity index (χ2n) is 7.29. The summed E-state index contributed by atoms with van der Waals surface area (Å²) in [4.78, 5) is 4.55. The van der Waals surface area contributed by atoms with Crippen LogP contribution in [0.4, 0.5) is 0 Å². The van der Waals surface area contributed by atoms with Crippen molar-refractivity contribution in [2.75, 3.05) is 34.2 Å². The van der Waals surface area contributed by atoms with Crippen molar-refractivity contribution in [3.63, 3.8) is 0 Å². The molecule has 4 nitrogen and oxygen atoms in total. The molecule has 1 rings (SSSR count). The van der Waals surface area contributed by atoms with Crippen molar-refractivity contribution >= 4 is 0 Å². The van der Waals surface area contributed by atoms with Gasteiger partial charge in [0.15, 0.2) is 0 Å². The Morgan fingerprint density at radius 1 is 1.14 bits per heavy atom. The summed E-state index contributed by atoms with van der Waals surface area (Å²) in [6.07, 6.45) is 1.18. The molecule has 1 aromatic heterocycles. The fourth-order valence-electron chi connectivity index (χ4n) is 2.20. The van der Waals surface area contributed by atoms with Crippen LogP contribution >= 0.6 is 0 Å². The summed E-state index contributed by atoms with van der Waals surface area (Å²) in [7, 11) is 6.38. The van der Waals surface area contributed by atoms with Crippen LogP contribution in [0.5, 0.6) is 0 Å². The Balaban J connectivity index is 2.45. The van der Waals surface area contributed by atoms with Crippen LogP contribution in [-0.2, 0) is 13.1 Å². The largest absolute Gasteiger partial charge is 0.465 e. The van der Waals surface area contributed by atoms with Crippen molar-refractivity contribution < 1.29 is 4.42 Å². The van der Waals surface area contributed by atoms with Gasteiger partial charge in [-0.3, -0.25) is 4.90 Å². The number of hydrogen-bond acceptors (Lipinski definition) is 4. The third-order valence-corrected chi connectivity index (χ3v) is 3.45. The Kier molecular flexibility index (Phi) is 6.91. The highest BCUT2D eigenvalue weighted by molar-refractivity contribution is 5.20. The molecule has 1 heterocycles. The Hall–Kier alpha value is -0.840. The van der Waals surface area contributed by atoms with E-state index in [0.29, 0.717) is 0 Å². The second kappa shape index (κ2) is 7.97. The molecule has 0 radical (unpaired) electrons. The van der Waals surface area contributed by atoms with Crippen LogP contribution in [0.2, 0.25) is 0 Å². The lowest BCUT2D eigenvalue weighted by atomic mass is 10.1. The van der Waals surface area contributed by atoms with Gasteiger partial charge in [0.2, 0.25) is 0 Å². The monoisotopic (exact) mass is 295 g/mol. The Morgan fingerprint density at radius 2 is 1.81 bits per heavy atom. The van der Waals surface area contributed by atoms with Crippen molar-refractivity contribution in [2.24, 2.45) is 0 Å². The van der Waals surface area contributed by atoms with Crippen LogP contribution in [0.3, 0.4) is 0 Å². The van der Waals surface area contributed by atoms with Crippen molar-refractivity contribution in [3.05, 3.63) is 23.2 Å². The van der Waals surface area contributed by atoms with Gasteiger partial charge < -0.3 is 14.6 Å². The molecule has 0 bridgehead atoms. The molecule has 21 heavy (non-hydrogen) atoms. The van der Waals surface area contributed by atoms with Crippen LogP contribution in [0, 0.1) is 6.92 Å². The van der Waals surface area contributed by atoms with Crippen molar-refractivity contribution in [1.29, 1.82) is 0 Å². The summed E-state index contributed by atoms with van der Waals surface area (Å²) in [5.74, 6) is 2.09. The molecule has 0 unspecified atom stereocenters. The lowest BCUT2D eigenvalue weighted by Crippen LogP contribution is -2.35. The van der Waals surface area contributed by atoms with Gasteiger partial charge in [-0.15, -0.1) is 0 Å². The quantitative estimate of drug-likeness (QED) is 0.799. The molecule has 0 spiro atoms.